The van der Waals surface area contributed by atoms with Crippen molar-refractivity contribution < 1.29 is 4.74 Å². The van der Waals surface area contributed by atoms with E-state index < -0.39 is 0 Å². The van der Waals surface area contributed by atoms with Crippen LogP contribution in [0.2, 0.25) is 0 Å². The molecule has 2 N–H and O–H groups in total. The first kappa shape index (κ1) is 11.7. The SMILES string of the molecule is N#Cc1cc(N)cnc1OC1CCCCCC1. The topological polar surface area (TPSA) is 71.9 Å². The van der Waals surface area contributed by atoms with E-state index in [4.69, 9.17) is 15.7 Å². The van der Waals surface area contributed by atoms with E-state index in [1.165, 1.54) is 31.9 Å². The van der Waals surface area contributed by atoms with Crippen LogP contribution in [0.3, 0.4) is 0 Å². The zero-order valence-electron chi connectivity index (χ0n) is 9.85. The molecule has 1 heterocycles. The number of aromatic nitrogens is 1. The number of ether oxygens (including phenoxy) is 1. The number of nitriles is 1. The molecule has 0 aromatic carbocycles. The Labute approximate surface area is 101 Å². The van der Waals surface area contributed by atoms with Gasteiger partial charge in [0, 0.05) is 0 Å². The lowest BCUT2D eigenvalue weighted by Gasteiger charge is -2.16. The molecule has 1 saturated carbocycles. The largest absolute Gasteiger partial charge is 0.473 e. The summed E-state index contributed by atoms with van der Waals surface area (Å²) in [5.41, 5.74) is 6.51. The minimum Gasteiger partial charge on any atom is -0.473 e. The molecule has 0 atom stereocenters. The van der Waals surface area contributed by atoms with Gasteiger partial charge >= 0.3 is 0 Å². The second-order valence-electron chi connectivity index (χ2n) is 4.46. The van der Waals surface area contributed by atoms with Gasteiger partial charge in [-0.15, -0.1) is 0 Å². The number of anilines is 1. The molecule has 17 heavy (non-hydrogen) atoms. The second-order valence-corrected chi connectivity index (χ2v) is 4.46. The minimum atomic E-state index is 0.195. The van der Waals surface area contributed by atoms with Crippen molar-refractivity contribution in [3.05, 3.63) is 17.8 Å². The number of rotatable bonds is 2. The molecule has 0 spiro atoms. The van der Waals surface area contributed by atoms with Gasteiger partial charge in [-0.3, -0.25) is 0 Å². The lowest BCUT2D eigenvalue weighted by molar-refractivity contribution is 0.175. The monoisotopic (exact) mass is 231 g/mol. The minimum absolute atomic E-state index is 0.195. The number of nitrogens with two attached hydrogens (primary N) is 1. The second kappa shape index (κ2) is 5.53. The Morgan fingerprint density at radius 1 is 1.29 bits per heavy atom. The van der Waals surface area contributed by atoms with Crippen LogP contribution >= 0.6 is 0 Å². The Morgan fingerprint density at radius 3 is 2.65 bits per heavy atom. The third-order valence-corrected chi connectivity index (χ3v) is 3.07. The molecule has 4 heteroatoms. The maximum absolute atomic E-state index is 9.00. The Hall–Kier alpha value is -1.76. The maximum atomic E-state index is 9.00. The van der Waals surface area contributed by atoms with Gasteiger partial charge in [-0.05, 0) is 31.7 Å². The fourth-order valence-electron chi connectivity index (χ4n) is 2.16. The summed E-state index contributed by atoms with van der Waals surface area (Å²) < 4.78 is 5.82. The molecule has 0 amide bonds. The first-order chi connectivity index (χ1) is 8.29. The van der Waals surface area contributed by atoms with Crippen molar-refractivity contribution in [1.82, 2.24) is 4.98 Å². The summed E-state index contributed by atoms with van der Waals surface area (Å²) in [6.07, 6.45) is 8.78. The van der Waals surface area contributed by atoms with Gasteiger partial charge in [0.2, 0.25) is 5.88 Å². The molecular weight excluding hydrogens is 214 g/mol. The fourth-order valence-corrected chi connectivity index (χ4v) is 2.16. The Balaban J connectivity index is 2.09. The Kier molecular flexibility index (Phi) is 3.81. The molecule has 0 aliphatic heterocycles. The highest BCUT2D eigenvalue weighted by atomic mass is 16.5. The van der Waals surface area contributed by atoms with Crippen molar-refractivity contribution >= 4 is 5.69 Å². The van der Waals surface area contributed by atoms with Gasteiger partial charge in [0.1, 0.15) is 17.7 Å². The van der Waals surface area contributed by atoms with Gasteiger partial charge in [-0.2, -0.15) is 5.26 Å². The molecule has 0 radical (unpaired) electrons. The lowest BCUT2D eigenvalue weighted by Crippen LogP contribution is -2.16. The van der Waals surface area contributed by atoms with Crippen molar-refractivity contribution in [2.75, 3.05) is 5.73 Å². The predicted octanol–water partition coefficient (Wildman–Crippen LogP) is 2.64. The maximum Gasteiger partial charge on any atom is 0.232 e. The van der Waals surface area contributed by atoms with Crippen LogP contribution in [0.5, 0.6) is 5.88 Å². The van der Waals surface area contributed by atoms with Crippen molar-refractivity contribution in [2.24, 2.45) is 0 Å². The number of hydrogen-bond donors (Lipinski definition) is 1. The summed E-state index contributed by atoms with van der Waals surface area (Å²) in [7, 11) is 0. The average Bonchev–Trinajstić information content (AvgIpc) is 2.60. The van der Waals surface area contributed by atoms with Gasteiger partial charge in [0.05, 0.1) is 11.9 Å². The van der Waals surface area contributed by atoms with Gasteiger partial charge in [-0.1, -0.05) is 12.8 Å². The third-order valence-electron chi connectivity index (χ3n) is 3.07. The number of nitrogens with zero attached hydrogens (tertiary/aromatic N) is 2. The molecule has 1 fully saturated rings. The summed E-state index contributed by atoms with van der Waals surface area (Å²) in [6, 6.07) is 3.68. The first-order valence-electron chi connectivity index (χ1n) is 6.12. The molecule has 2 rings (SSSR count). The van der Waals surface area contributed by atoms with E-state index in [0.717, 1.165) is 12.8 Å². The van der Waals surface area contributed by atoms with Crippen LogP contribution in [0.4, 0.5) is 5.69 Å². The highest BCUT2D eigenvalue weighted by molar-refractivity contribution is 5.48. The van der Waals surface area contributed by atoms with E-state index in [-0.39, 0.29) is 6.10 Å². The van der Waals surface area contributed by atoms with E-state index in [9.17, 15) is 0 Å². The normalized spacial score (nSPS) is 17.1. The van der Waals surface area contributed by atoms with Crippen LogP contribution in [-0.2, 0) is 0 Å². The molecule has 90 valence electrons. The zero-order chi connectivity index (χ0) is 12.1. The van der Waals surface area contributed by atoms with Crippen molar-refractivity contribution in [2.45, 2.75) is 44.6 Å². The lowest BCUT2D eigenvalue weighted by atomic mass is 10.1. The molecule has 0 unspecified atom stereocenters. The molecule has 1 aromatic rings. The van der Waals surface area contributed by atoms with Crippen LogP contribution in [-0.4, -0.2) is 11.1 Å². The third kappa shape index (κ3) is 3.10. The summed E-state index contributed by atoms with van der Waals surface area (Å²) >= 11 is 0. The smallest absolute Gasteiger partial charge is 0.232 e. The summed E-state index contributed by atoms with van der Waals surface area (Å²) in [5, 5.41) is 9.00. The number of hydrogen-bond acceptors (Lipinski definition) is 4. The molecule has 4 nitrogen and oxygen atoms in total. The van der Waals surface area contributed by atoms with E-state index in [1.807, 2.05) is 0 Å². The van der Waals surface area contributed by atoms with Crippen molar-refractivity contribution in [1.29, 1.82) is 5.26 Å². The van der Waals surface area contributed by atoms with Gasteiger partial charge < -0.3 is 10.5 Å². The summed E-state index contributed by atoms with van der Waals surface area (Å²) in [6.45, 7) is 0. The van der Waals surface area contributed by atoms with E-state index in [2.05, 4.69) is 11.1 Å². The average molecular weight is 231 g/mol. The van der Waals surface area contributed by atoms with Crippen LogP contribution in [0, 0.1) is 11.3 Å². The van der Waals surface area contributed by atoms with E-state index in [0.29, 0.717) is 17.1 Å². The van der Waals surface area contributed by atoms with E-state index in [1.54, 1.807) is 6.07 Å². The Bertz CT molecular complexity index is 417. The molecule has 1 aromatic heterocycles. The van der Waals surface area contributed by atoms with Crippen molar-refractivity contribution in [3.63, 3.8) is 0 Å². The van der Waals surface area contributed by atoms with Gasteiger partial charge in [0.25, 0.3) is 0 Å². The molecule has 0 bridgehead atoms. The molecule has 1 aliphatic rings. The quantitative estimate of drug-likeness (QED) is 0.794. The number of pyridine rings is 1. The Morgan fingerprint density at radius 2 is 2.00 bits per heavy atom. The summed E-state index contributed by atoms with van der Waals surface area (Å²) in [5.74, 6) is 0.425. The number of nitrogen functional groups attached to an aromatic ring is 1. The first-order valence-corrected chi connectivity index (χ1v) is 6.12. The summed E-state index contributed by atoms with van der Waals surface area (Å²) in [4.78, 5) is 4.10. The van der Waals surface area contributed by atoms with E-state index >= 15 is 0 Å². The fraction of sp³-hybridized carbons (Fsp3) is 0.538. The van der Waals surface area contributed by atoms with Crippen LogP contribution in [0.25, 0.3) is 0 Å². The van der Waals surface area contributed by atoms with Gasteiger partial charge in [0.15, 0.2) is 0 Å². The van der Waals surface area contributed by atoms with Crippen LogP contribution in [0.15, 0.2) is 12.3 Å². The van der Waals surface area contributed by atoms with Crippen molar-refractivity contribution in [3.8, 4) is 11.9 Å². The standard InChI is InChI=1S/C13H17N3O/c14-8-10-7-11(15)9-16-13(10)17-12-5-3-1-2-4-6-12/h7,9,12H,1-6,15H2. The molecule has 1 aliphatic carbocycles. The van der Waals surface area contributed by atoms with Gasteiger partial charge in [-0.25, -0.2) is 4.98 Å². The zero-order valence-corrected chi connectivity index (χ0v) is 9.85. The predicted molar refractivity (Wildman–Crippen MR) is 65.5 cm³/mol. The molecular formula is C13H17N3O. The highest BCUT2D eigenvalue weighted by Crippen LogP contribution is 2.24. The molecule has 0 saturated heterocycles. The van der Waals surface area contributed by atoms with Crippen LogP contribution < -0.4 is 10.5 Å². The van der Waals surface area contributed by atoms with Crippen LogP contribution in [0.1, 0.15) is 44.1 Å². The highest BCUT2D eigenvalue weighted by Gasteiger charge is 2.16.